The molecule has 0 aliphatic rings. The van der Waals surface area contributed by atoms with E-state index in [4.69, 9.17) is 17.3 Å². The van der Waals surface area contributed by atoms with Gasteiger partial charge in [0.15, 0.2) is 0 Å². The topological polar surface area (TPSA) is 72.2 Å². The van der Waals surface area contributed by atoms with E-state index in [9.17, 15) is 14.0 Å². The molecule has 0 saturated carbocycles. The summed E-state index contributed by atoms with van der Waals surface area (Å²) in [4.78, 5) is 21.9. The summed E-state index contributed by atoms with van der Waals surface area (Å²) >= 11 is 5.67. The molecule has 0 aliphatic heterocycles. The molecule has 0 fully saturated rings. The number of carbonyl (C=O) groups excluding carboxylic acids is 2. The van der Waals surface area contributed by atoms with Crippen LogP contribution in [0.2, 0.25) is 5.02 Å². The fourth-order valence-corrected chi connectivity index (χ4v) is 1.35. The molecule has 4 nitrogen and oxygen atoms in total. The Morgan fingerprint density at radius 3 is 2.69 bits per heavy atom. The average Bonchev–Trinajstić information content (AvgIpc) is 2.16. The molecule has 0 radical (unpaired) electrons. The van der Waals surface area contributed by atoms with Crippen LogP contribution in [-0.4, -0.2) is 18.4 Å². The second-order valence-electron chi connectivity index (χ2n) is 3.07. The van der Waals surface area contributed by atoms with Crippen LogP contribution in [0.15, 0.2) is 18.2 Å². The minimum atomic E-state index is -0.705. The van der Waals surface area contributed by atoms with Crippen LogP contribution in [-0.2, 0) is 4.79 Å². The van der Waals surface area contributed by atoms with Gasteiger partial charge in [-0.15, -0.1) is 0 Å². The van der Waals surface area contributed by atoms with E-state index in [1.165, 1.54) is 12.1 Å². The van der Waals surface area contributed by atoms with Gasteiger partial charge in [-0.05, 0) is 12.1 Å². The molecule has 1 aromatic carbocycles. The van der Waals surface area contributed by atoms with Crippen molar-refractivity contribution in [1.82, 2.24) is 5.32 Å². The molecule has 0 aromatic heterocycles. The zero-order valence-electron chi connectivity index (χ0n) is 8.30. The van der Waals surface area contributed by atoms with E-state index in [2.05, 4.69) is 5.32 Å². The number of hydrogen-bond acceptors (Lipinski definition) is 2. The van der Waals surface area contributed by atoms with Gasteiger partial charge < -0.3 is 11.1 Å². The van der Waals surface area contributed by atoms with Crippen LogP contribution in [0.25, 0.3) is 0 Å². The van der Waals surface area contributed by atoms with Crippen LogP contribution in [0, 0.1) is 5.82 Å². The third-order valence-electron chi connectivity index (χ3n) is 1.85. The van der Waals surface area contributed by atoms with Crippen molar-refractivity contribution in [1.29, 1.82) is 0 Å². The highest BCUT2D eigenvalue weighted by atomic mass is 35.5. The highest BCUT2D eigenvalue weighted by Crippen LogP contribution is 2.18. The van der Waals surface area contributed by atoms with Crippen LogP contribution in [0.3, 0.4) is 0 Å². The quantitative estimate of drug-likeness (QED) is 0.832. The number of amides is 2. The van der Waals surface area contributed by atoms with E-state index < -0.39 is 17.6 Å². The summed E-state index contributed by atoms with van der Waals surface area (Å²) in [5, 5.41) is 2.37. The molecule has 0 spiro atoms. The monoisotopic (exact) mass is 244 g/mol. The first-order valence-corrected chi connectivity index (χ1v) is 4.90. The zero-order chi connectivity index (χ0) is 12.1. The second kappa shape index (κ2) is 5.46. The molecule has 1 rings (SSSR count). The highest BCUT2D eigenvalue weighted by molar-refractivity contribution is 6.33. The Hall–Kier alpha value is -1.62. The third kappa shape index (κ3) is 3.20. The number of nitrogens with one attached hydrogen (secondary N) is 1. The van der Waals surface area contributed by atoms with Crippen LogP contribution >= 0.6 is 11.6 Å². The maximum absolute atomic E-state index is 13.2. The van der Waals surface area contributed by atoms with Crippen molar-refractivity contribution in [2.24, 2.45) is 5.73 Å². The van der Waals surface area contributed by atoms with Crippen molar-refractivity contribution in [3.63, 3.8) is 0 Å². The lowest BCUT2D eigenvalue weighted by atomic mass is 10.2. The fraction of sp³-hybridized carbons (Fsp3) is 0.200. The zero-order valence-corrected chi connectivity index (χ0v) is 9.05. The summed E-state index contributed by atoms with van der Waals surface area (Å²) in [6.07, 6.45) is -0.00217. The van der Waals surface area contributed by atoms with E-state index in [1.807, 2.05) is 0 Å². The molecule has 6 heteroatoms. The predicted molar refractivity (Wildman–Crippen MR) is 57.6 cm³/mol. The lowest BCUT2D eigenvalue weighted by molar-refractivity contribution is -0.117. The number of carbonyl (C=O) groups is 2. The van der Waals surface area contributed by atoms with Gasteiger partial charge in [0.25, 0.3) is 5.91 Å². The number of benzene rings is 1. The van der Waals surface area contributed by atoms with Gasteiger partial charge in [0.1, 0.15) is 5.82 Å². The number of nitrogens with two attached hydrogens (primary N) is 1. The summed E-state index contributed by atoms with van der Waals surface area (Å²) < 4.78 is 13.2. The van der Waals surface area contributed by atoms with Gasteiger partial charge >= 0.3 is 0 Å². The van der Waals surface area contributed by atoms with Crippen molar-refractivity contribution in [3.05, 3.63) is 34.6 Å². The van der Waals surface area contributed by atoms with Gasteiger partial charge in [-0.25, -0.2) is 4.39 Å². The SMILES string of the molecule is NC(=O)CCNC(=O)c1c(F)cccc1Cl. The predicted octanol–water partition coefficient (Wildman–Crippen LogP) is 1.08. The van der Waals surface area contributed by atoms with E-state index in [1.54, 1.807) is 0 Å². The van der Waals surface area contributed by atoms with Crippen LogP contribution in [0.4, 0.5) is 4.39 Å². The van der Waals surface area contributed by atoms with Crippen LogP contribution in [0.5, 0.6) is 0 Å². The molecule has 2 amide bonds. The molecule has 86 valence electrons. The Kier molecular flexibility index (Phi) is 4.25. The number of hydrogen-bond donors (Lipinski definition) is 2. The largest absolute Gasteiger partial charge is 0.370 e. The first-order chi connectivity index (χ1) is 7.52. The molecule has 0 aliphatic carbocycles. The van der Waals surface area contributed by atoms with E-state index in [-0.39, 0.29) is 23.6 Å². The Bertz CT molecular complexity index is 403. The van der Waals surface area contributed by atoms with Crippen LogP contribution < -0.4 is 11.1 Å². The Labute approximate surface area is 96.6 Å². The summed E-state index contributed by atoms with van der Waals surface area (Å²) in [5.41, 5.74) is 4.66. The minimum Gasteiger partial charge on any atom is -0.370 e. The van der Waals surface area contributed by atoms with E-state index in [0.29, 0.717) is 0 Å². The fourth-order valence-electron chi connectivity index (χ4n) is 1.10. The molecular formula is C10H10ClFN2O2. The summed E-state index contributed by atoms with van der Waals surface area (Å²) in [6.45, 7) is 0.0544. The molecular weight excluding hydrogens is 235 g/mol. The molecule has 3 N–H and O–H groups in total. The van der Waals surface area contributed by atoms with Gasteiger partial charge in [-0.2, -0.15) is 0 Å². The highest BCUT2D eigenvalue weighted by Gasteiger charge is 2.14. The summed E-state index contributed by atoms with van der Waals surface area (Å²) in [7, 11) is 0. The molecule has 16 heavy (non-hydrogen) atoms. The van der Waals surface area contributed by atoms with Crippen LogP contribution in [0.1, 0.15) is 16.8 Å². The number of primary amides is 1. The maximum atomic E-state index is 13.2. The minimum absolute atomic E-state index is 0.00217. The summed E-state index contributed by atoms with van der Waals surface area (Å²) in [6, 6.07) is 3.94. The Morgan fingerprint density at radius 2 is 2.12 bits per heavy atom. The molecule has 0 unspecified atom stereocenters. The average molecular weight is 245 g/mol. The molecule has 0 bridgehead atoms. The lowest BCUT2D eigenvalue weighted by Crippen LogP contribution is -2.28. The molecule has 0 atom stereocenters. The standard InChI is InChI=1S/C10H10ClFN2O2/c11-6-2-1-3-7(12)9(6)10(16)14-5-4-8(13)15/h1-3H,4-5H2,(H2,13,15)(H,14,16). The van der Waals surface area contributed by atoms with Crippen molar-refractivity contribution in [2.75, 3.05) is 6.54 Å². The molecule has 1 aromatic rings. The van der Waals surface area contributed by atoms with Gasteiger partial charge in [0.2, 0.25) is 5.91 Å². The third-order valence-corrected chi connectivity index (χ3v) is 2.16. The normalized spacial score (nSPS) is 9.88. The van der Waals surface area contributed by atoms with E-state index >= 15 is 0 Å². The lowest BCUT2D eigenvalue weighted by Gasteiger charge is -2.06. The number of rotatable bonds is 4. The first kappa shape index (κ1) is 12.4. The van der Waals surface area contributed by atoms with Gasteiger partial charge in [-0.1, -0.05) is 17.7 Å². The Morgan fingerprint density at radius 1 is 1.44 bits per heavy atom. The van der Waals surface area contributed by atoms with E-state index in [0.717, 1.165) is 6.07 Å². The summed E-state index contributed by atoms with van der Waals surface area (Å²) in [5.74, 6) is -1.91. The van der Waals surface area contributed by atoms with Crippen molar-refractivity contribution >= 4 is 23.4 Å². The maximum Gasteiger partial charge on any atom is 0.255 e. The molecule has 0 heterocycles. The molecule has 0 saturated heterocycles. The smallest absolute Gasteiger partial charge is 0.255 e. The van der Waals surface area contributed by atoms with Gasteiger partial charge in [-0.3, -0.25) is 9.59 Å². The van der Waals surface area contributed by atoms with Gasteiger partial charge in [0, 0.05) is 13.0 Å². The second-order valence-corrected chi connectivity index (χ2v) is 3.48. The van der Waals surface area contributed by atoms with Crippen molar-refractivity contribution in [3.8, 4) is 0 Å². The number of halogens is 2. The van der Waals surface area contributed by atoms with Crippen molar-refractivity contribution in [2.45, 2.75) is 6.42 Å². The van der Waals surface area contributed by atoms with Gasteiger partial charge in [0.05, 0.1) is 10.6 Å². The van der Waals surface area contributed by atoms with Crippen molar-refractivity contribution < 1.29 is 14.0 Å². The first-order valence-electron chi connectivity index (χ1n) is 4.53. The Balaban J connectivity index is 2.70.